The second-order valence-electron chi connectivity index (χ2n) is 17.5. The number of rotatable bonds is 45. The summed E-state index contributed by atoms with van der Waals surface area (Å²) >= 11 is 0. The molecule has 0 rings (SSSR count). The second kappa shape index (κ2) is 44.5. The lowest BCUT2D eigenvalue weighted by Gasteiger charge is -2.24. The molecule has 2 atom stereocenters. The zero-order valence-electron chi connectivity index (χ0n) is 40.1. The summed E-state index contributed by atoms with van der Waals surface area (Å²) in [4.78, 5) is 22.9. The number of quaternary nitrogens is 1. The minimum absolute atomic E-state index is 0.0822. The molecule has 0 fully saturated rings. The minimum atomic E-state index is -4.29. The molecule has 354 valence electrons. The van der Waals surface area contributed by atoms with Gasteiger partial charge in [0.05, 0.1) is 34.4 Å². The standard InChI is InChI=1S/C52H94NO7P/c1-6-8-10-12-14-16-18-20-22-23-24-25-26-27-28-29-30-32-34-36-38-40-42-44-47-57-49-51(50-59-61(55,56)58-48-46-53(3,4)5)60-52(54)45-43-41-39-37-35-33-31-21-19-17-15-13-11-9-7-2/h8,10,14-17,20-22,24-25,31,51H,6-7,9,11-13,18-19,23,26-30,32-50H2,1-5H3/p+1/b10-8-,16-14-,17-15-,22-20-,25-24-,31-21-. The summed E-state index contributed by atoms with van der Waals surface area (Å²) < 4.78 is 35.1. The van der Waals surface area contributed by atoms with Gasteiger partial charge in [-0.05, 0) is 83.5 Å². The smallest absolute Gasteiger partial charge is 0.457 e. The highest BCUT2D eigenvalue weighted by Gasteiger charge is 2.26. The van der Waals surface area contributed by atoms with E-state index in [0.717, 1.165) is 83.5 Å². The van der Waals surface area contributed by atoms with Crippen LogP contribution >= 0.6 is 7.82 Å². The molecule has 0 aromatic heterocycles. The Labute approximate surface area is 376 Å². The van der Waals surface area contributed by atoms with Crippen LogP contribution in [-0.2, 0) is 27.9 Å². The maximum atomic E-state index is 12.7. The van der Waals surface area contributed by atoms with Gasteiger partial charge in [0, 0.05) is 13.0 Å². The molecular weight excluding hydrogens is 782 g/mol. The van der Waals surface area contributed by atoms with Gasteiger partial charge in [0.25, 0.3) is 0 Å². The molecule has 61 heavy (non-hydrogen) atoms. The summed E-state index contributed by atoms with van der Waals surface area (Å²) in [5, 5.41) is 0. The molecule has 0 spiro atoms. The fraction of sp³-hybridized carbons (Fsp3) is 0.750. The van der Waals surface area contributed by atoms with E-state index in [0.29, 0.717) is 24.1 Å². The maximum Gasteiger partial charge on any atom is 0.472 e. The van der Waals surface area contributed by atoms with E-state index >= 15 is 0 Å². The van der Waals surface area contributed by atoms with Crippen molar-refractivity contribution in [1.82, 2.24) is 0 Å². The van der Waals surface area contributed by atoms with Crippen LogP contribution in [-0.4, -0.2) is 75.6 Å². The van der Waals surface area contributed by atoms with Crippen LogP contribution < -0.4 is 0 Å². The Morgan fingerprint density at radius 2 is 0.951 bits per heavy atom. The van der Waals surface area contributed by atoms with Crippen LogP contribution in [0.15, 0.2) is 72.9 Å². The van der Waals surface area contributed by atoms with Crippen LogP contribution in [0.2, 0.25) is 0 Å². The molecule has 0 aliphatic carbocycles. The van der Waals surface area contributed by atoms with Crippen LogP contribution in [0.25, 0.3) is 0 Å². The van der Waals surface area contributed by atoms with E-state index in [-0.39, 0.29) is 25.8 Å². The molecule has 0 aliphatic heterocycles. The van der Waals surface area contributed by atoms with Crippen molar-refractivity contribution in [3.63, 3.8) is 0 Å². The number of allylic oxidation sites excluding steroid dienone is 12. The van der Waals surface area contributed by atoms with Gasteiger partial charge in [-0.3, -0.25) is 13.8 Å². The summed E-state index contributed by atoms with van der Waals surface area (Å²) in [7, 11) is 1.65. The molecule has 0 heterocycles. The predicted molar refractivity (Wildman–Crippen MR) is 261 cm³/mol. The van der Waals surface area contributed by atoms with Crippen molar-refractivity contribution >= 4 is 13.8 Å². The van der Waals surface area contributed by atoms with Crippen molar-refractivity contribution in [2.45, 2.75) is 200 Å². The third kappa shape index (κ3) is 48.8. The van der Waals surface area contributed by atoms with E-state index in [2.05, 4.69) is 86.8 Å². The zero-order valence-corrected chi connectivity index (χ0v) is 41.0. The molecule has 0 aromatic carbocycles. The number of carbonyl (C=O) groups excluding carboxylic acids is 1. The van der Waals surface area contributed by atoms with Crippen LogP contribution in [0.4, 0.5) is 0 Å². The van der Waals surface area contributed by atoms with Gasteiger partial charge in [-0.25, -0.2) is 4.57 Å². The Morgan fingerprint density at radius 3 is 1.43 bits per heavy atom. The van der Waals surface area contributed by atoms with Crippen LogP contribution in [0.1, 0.15) is 194 Å². The highest BCUT2D eigenvalue weighted by Crippen LogP contribution is 2.43. The number of phosphoric acid groups is 1. The topological polar surface area (TPSA) is 91.3 Å². The average Bonchev–Trinajstić information content (AvgIpc) is 3.22. The molecule has 0 saturated carbocycles. The number of carbonyl (C=O) groups is 1. The van der Waals surface area contributed by atoms with Crippen LogP contribution in [0, 0.1) is 0 Å². The van der Waals surface area contributed by atoms with E-state index in [9.17, 15) is 14.3 Å². The van der Waals surface area contributed by atoms with Crippen molar-refractivity contribution in [2.75, 3.05) is 54.1 Å². The summed E-state index contributed by atoms with van der Waals surface area (Å²) in [6.45, 7) is 5.45. The van der Waals surface area contributed by atoms with Gasteiger partial charge in [0.1, 0.15) is 19.3 Å². The average molecular weight is 877 g/mol. The van der Waals surface area contributed by atoms with Gasteiger partial charge in [0.2, 0.25) is 0 Å². The molecule has 0 aliphatic rings. The van der Waals surface area contributed by atoms with E-state index in [1.807, 2.05) is 21.1 Å². The molecule has 8 nitrogen and oxygen atoms in total. The van der Waals surface area contributed by atoms with Crippen molar-refractivity contribution in [3.05, 3.63) is 72.9 Å². The highest BCUT2D eigenvalue weighted by molar-refractivity contribution is 7.47. The van der Waals surface area contributed by atoms with Gasteiger partial charge in [-0.15, -0.1) is 0 Å². The van der Waals surface area contributed by atoms with Crippen LogP contribution in [0.5, 0.6) is 0 Å². The lowest BCUT2D eigenvalue weighted by atomic mass is 10.1. The van der Waals surface area contributed by atoms with Crippen molar-refractivity contribution in [3.8, 4) is 0 Å². The van der Waals surface area contributed by atoms with Gasteiger partial charge < -0.3 is 18.9 Å². The Balaban J connectivity index is 4.15. The normalized spacial score (nSPS) is 14.3. The first-order valence-electron chi connectivity index (χ1n) is 24.7. The molecule has 9 heteroatoms. The van der Waals surface area contributed by atoms with Gasteiger partial charge in [-0.1, -0.05) is 177 Å². The third-order valence-corrected chi connectivity index (χ3v) is 11.2. The number of ether oxygens (including phenoxy) is 2. The number of likely N-dealkylation sites (N-methyl/N-ethyl adjacent to an activating group) is 1. The monoisotopic (exact) mass is 877 g/mol. The predicted octanol–water partition coefficient (Wildman–Crippen LogP) is 15.1. The molecule has 2 unspecified atom stereocenters. The molecule has 0 amide bonds. The Bertz CT molecular complexity index is 1200. The summed E-state index contributed by atoms with van der Waals surface area (Å²) in [6.07, 6.45) is 58.0. The van der Waals surface area contributed by atoms with Gasteiger partial charge in [0.15, 0.2) is 0 Å². The third-order valence-electron chi connectivity index (χ3n) is 10.3. The van der Waals surface area contributed by atoms with Crippen molar-refractivity contribution in [1.29, 1.82) is 0 Å². The fourth-order valence-electron chi connectivity index (χ4n) is 6.46. The lowest BCUT2D eigenvalue weighted by Crippen LogP contribution is -2.37. The molecule has 0 saturated heterocycles. The number of hydrogen-bond acceptors (Lipinski definition) is 6. The summed E-state index contributed by atoms with van der Waals surface area (Å²) in [6, 6.07) is 0. The first kappa shape index (κ1) is 58.9. The Hall–Kier alpha value is -2.06. The fourth-order valence-corrected chi connectivity index (χ4v) is 7.20. The molecule has 0 bridgehead atoms. The second-order valence-corrected chi connectivity index (χ2v) is 18.9. The van der Waals surface area contributed by atoms with Gasteiger partial charge >= 0.3 is 13.8 Å². The number of esters is 1. The van der Waals surface area contributed by atoms with Crippen LogP contribution in [0.3, 0.4) is 0 Å². The number of nitrogens with zero attached hydrogens (tertiary/aromatic N) is 1. The van der Waals surface area contributed by atoms with Gasteiger partial charge in [-0.2, -0.15) is 0 Å². The minimum Gasteiger partial charge on any atom is -0.457 e. The zero-order chi connectivity index (χ0) is 44.8. The van der Waals surface area contributed by atoms with E-state index in [1.165, 1.54) is 89.9 Å². The molecule has 0 radical (unpaired) electrons. The largest absolute Gasteiger partial charge is 0.472 e. The number of phosphoric ester groups is 1. The van der Waals surface area contributed by atoms with Crippen molar-refractivity contribution in [2.24, 2.45) is 0 Å². The Kier molecular flexibility index (Phi) is 43.0. The van der Waals surface area contributed by atoms with E-state index in [1.54, 1.807) is 0 Å². The number of hydrogen-bond donors (Lipinski definition) is 1. The summed E-state index contributed by atoms with van der Waals surface area (Å²) in [5.41, 5.74) is 0. The van der Waals surface area contributed by atoms with Crippen molar-refractivity contribution < 1.29 is 37.3 Å². The lowest BCUT2D eigenvalue weighted by molar-refractivity contribution is -0.870. The Morgan fingerprint density at radius 1 is 0.525 bits per heavy atom. The quantitative estimate of drug-likeness (QED) is 0.0214. The first-order chi connectivity index (χ1) is 29.6. The number of unbranched alkanes of at least 4 members (excludes halogenated alkanes) is 19. The first-order valence-corrected chi connectivity index (χ1v) is 26.2. The molecule has 0 aromatic rings. The highest BCUT2D eigenvalue weighted by atomic mass is 31.2. The summed E-state index contributed by atoms with van der Waals surface area (Å²) in [5.74, 6) is -0.330. The maximum absolute atomic E-state index is 12.7. The molecular formula is C52H95NO7P+. The molecule has 1 N–H and O–H groups in total. The van der Waals surface area contributed by atoms with E-state index in [4.69, 9.17) is 18.5 Å². The SMILES string of the molecule is CC/C=C\C/C=C\C/C=C\C/C=C\CCCCCCCCCCCCCOCC(COP(=O)(O)OCC[N+](C)(C)C)OC(=O)CCCCCCC/C=C\C/C=C\CCCCC. The van der Waals surface area contributed by atoms with E-state index < -0.39 is 13.9 Å².